The van der Waals surface area contributed by atoms with Gasteiger partial charge in [0.15, 0.2) is 0 Å². The summed E-state index contributed by atoms with van der Waals surface area (Å²) < 4.78 is 5.24. The highest BCUT2D eigenvalue weighted by atomic mass is 16.5. The summed E-state index contributed by atoms with van der Waals surface area (Å²) in [6, 6.07) is 0.157. The van der Waals surface area contributed by atoms with Crippen molar-refractivity contribution in [2.45, 2.75) is 58.8 Å². The lowest BCUT2D eigenvalue weighted by atomic mass is 10.0. The predicted octanol–water partition coefficient (Wildman–Crippen LogP) is 1.60. The van der Waals surface area contributed by atoms with Crippen LogP contribution in [0.15, 0.2) is 0 Å². The van der Waals surface area contributed by atoms with Crippen molar-refractivity contribution in [3.05, 3.63) is 0 Å². The SMILES string of the molecule is CCCC(COC)N1C(=O)C(C(C)C)NC1C. The highest BCUT2D eigenvalue weighted by Gasteiger charge is 2.41. The van der Waals surface area contributed by atoms with Crippen LogP contribution in [-0.4, -0.2) is 42.8 Å². The summed E-state index contributed by atoms with van der Waals surface area (Å²) in [5.74, 6) is 0.558. The summed E-state index contributed by atoms with van der Waals surface area (Å²) in [5.41, 5.74) is 0. The van der Waals surface area contributed by atoms with E-state index >= 15 is 0 Å². The van der Waals surface area contributed by atoms with Crippen LogP contribution in [0.4, 0.5) is 0 Å². The van der Waals surface area contributed by atoms with Crippen LogP contribution >= 0.6 is 0 Å². The van der Waals surface area contributed by atoms with E-state index in [-0.39, 0.29) is 24.2 Å². The smallest absolute Gasteiger partial charge is 0.241 e. The molecule has 3 atom stereocenters. The van der Waals surface area contributed by atoms with Gasteiger partial charge in [-0.15, -0.1) is 0 Å². The number of carbonyl (C=O) groups is 1. The van der Waals surface area contributed by atoms with Gasteiger partial charge in [-0.1, -0.05) is 27.2 Å². The van der Waals surface area contributed by atoms with Gasteiger partial charge in [0, 0.05) is 7.11 Å². The van der Waals surface area contributed by atoms with E-state index in [1.54, 1.807) is 7.11 Å². The van der Waals surface area contributed by atoms with Crippen molar-refractivity contribution in [1.29, 1.82) is 0 Å². The van der Waals surface area contributed by atoms with Gasteiger partial charge in [-0.05, 0) is 19.3 Å². The molecule has 1 rings (SSSR count). The standard InChI is InChI=1S/C13H26N2O2/c1-6-7-11(8-17-5)15-10(4)14-12(9(2)3)13(15)16/h9-12,14H,6-8H2,1-5H3. The Morgan fingerprint density at radius 3 is 2.53 bits per heavy atom. The topological polar surface area (TPSA) is 41.6 Å². The van der Waals surface area contributed by atoms with Crippen LogP contribution in [0.3, 0.4) is 0 Å². The summed E-state index contributed by atoms with van der Waals surface area (Å²) in [6.45, 7) is 8.98. The lowest BCUT2D eigenvalue weighted by Gasteiger charge is -2.30. The third kappa shape index (κ3) is 3.19. The number of methoxy groups -OCH3 is 1. The van der Waals surface area contributed by atoms with E-state index in [0.717, 1.165) is 12.8 Å². The zero-order valence-electron chi connectivity index (χ0n) is 11.7. The van der Waals surface area contributed by atoms with Gasteiger partial charge in [-0.2, -0.15) is 0 Å². The van der Waals surface area contributed by atoms with E-state index < -0.39 is 0 Å². The van der Waals surface area contributed by atoms with Crippen LogP contribution in [0.1, 0.15) is 40.5 Å². The number of nitrogens with zero attached hydrogens (tertiary/aromatic N) is 1. The Morgan fingerprint density at radius 2 is 2.12 bits per heavy atom. The zero-order chi connectivity index (χ0) is 13.0. The lowest BCUT2D eigenvalue weighted by molar-refractivity contribution is -0.134. The molecule has 1 aliphatic heterocycles. The fourth-order valence-electron chi connectivity index (χ4n) is 2.57. The maximum atomic E-state index is 12.4. The molecule has 1 N–H and O–H groups in total. The first-order chi connectivity index (χ1) is 8.02. The third-order valence-electron chi connectivity index (χ3n) is 3.40. The highest BCUT2D eigenvalue weighted by molar-refractivity contribution is 5.84. The maximum absolute atomic E-state index is 12.4. The van der Waals surface area contributed by atoms with Gasteiger partial charge in [0.1, 0.15) is 0 Å². The Labute approximate surface area is 105 Å². The van der Waals surface area contributed by atoms with Crippen molar-refractivity contribution in [2.24, 2.45) is 5.92 Å². The second kappa shape index (κ2) is 6.36. The minimum atomic E-state index is -0.0405. The van der Waals surface area contributed by atoms with Gasteiger partial charge in [0.25, 0.3) is 0 Å². The molecule has 4 nitrogen and oxygen atoms in total. The van der Waals surface area contributed by atoms with Gasteiger partial charge in [0.2, 0.25) is 5.91 Å². The molecular weight excluding hydrogens is 216 g/mol. The van der Waals surface area contributed by atoms with Crippen molar-refractivity contribution >= 4 is 5.91 Å². The van der Waals surface area contributed by atoms with Crippen molar-refractivity contribution in [3.8, 4) is 0 Å². The highest BCUT2D eigenvalue weighted by Crippen LogP contribution is 2.21. The molecule has 0 saturated carbocycles. The van der Waals surface area contributed by atoms with Crippen LogP contribution in [0, 0.1) is 5.92 Å². The number of carbonyl (C=O) groups excluding carboxylic acids is 1. The molecule has 1 saturated heterocycles. The number of amides is 1. The van der Waals surface area contributed by atoms with Crippen molar-refractivity contribution in [3.63, 3.8) is 0 Å². The molecule has 0 aromatic carbocycles. The van der Waals surface area contributed by atoms with Gasteiger partial charge >= 0.3 is 0 Å². The summed E-state index contributed by atoms with van der Waals surface area (Å²) in [5, 5.41) is 3.37. The number of rotatable bonds is 6. The second-order valence-corrected chi connectivity index (χ2v) is 5.21. The Balaban J connectivity index is 2.77. The van der Waals surface area contributed by atoms with E-state index in [2.05, 4.69) is 33.0 Å². The molecule has 0 radical (unpaired) electrons. The molecule has 1 aliphatic rings. The summed E-state index contributed by atoms with van der Waals surface area (Å²) in [4.78, 5) is 14.3. The number of nitrogens with one attached hydrogen (secondary N) is 1. The van der Waals surface area contributed by atoms with Crippen molar-refractivity contribution in [1.82, 2.24) is 10.2 Å². The first kappa shape index (κ1) is 14.5. The number of hydrogen-bond acceptors (Lipinski definition) is 3. The minimum Gasteiger partial charge on any atom is -0.383 e. The summed E-state index contributed by atoms with van der Waals surface area (Å²) in [7, 11) is 1.70. The van der Waals surface area contributed by atoms with Crippen LogP contribution in [0.2, 0.25) is 0 Å². The zero-order valence-corrected chi connectivity index (χ0v) is 11.7. The Hall–Kier alpha value is -0.610. The quantitative estimate of drug-likeness (QED) is 0.769. The average Bonchev–Trinajstić information content (AvgIpc) is 2.54. The third-order valence-corrected chi connectivity index (χ3v) is 3.40. The van der Waals surface area contributed by atoms with Crippen molar-refractivity contribution < 1.29 is 9.53 Å². The fraction of sp³-hybridized carbons (Fsp3) is 0.923. The molecule has 1 fully saturated rings. The van der Waals surface area contributed by atoms with Crippen LogP contribution in [0.5, 0.6) is 0 Å². The predicted molar refractivity (Wildman–Crippen MR) is 68.6 cm³/mol. The average molecular weight is 242 g/mol. The molecule has 1 heterocycles. The van der Waals surface area contributed by atoms with Gasteiger partial charge < -0.3 is 9.64 Å². The van der Waals surface area contributed by atoms with E-state index in [4.69, 9.17) is 4.74 Å². The summed E-state index contributed by atoms with van der Waals surface area (Å²) >= 11 is 0. The minimum absolute atomic E-state index is 0.0405. The molecular formula is C13H26N2O2. The molecule has 3 unspecified atom stereocenters. The van der Waals surface area contributed by atoms with E-state index in [0.29, 0.717) is 12.5 Å². The van der Waals surface area contributed by atoms with E-state index in [9.17, 15) is 4.79 Å². The Kier molecular flexibility index (Phi) is 5.40. The molecule has 1 amide bonds. The van der Waals surface area contributed by atoms with E-state index in [1.807, 2.05) is 4.90 Å². The maximum Gasteiger partial charge on any atom is 0.241 e. The number of ether oxygens (including phenoxy) is 1. The molecule has 0 aromatic rings. The van der Waals surface area contributed by atoms with Crippen LogP contribution in [0.25, 0.3) is 0 Å². The lowest BCUT2D eigenvalue weighted by Crippen LogP contribution is -2.45. The molecule has 0 spiro atoms. The normalized spacial score (nSPS) is 26.9. The monoisotopic (exact) mass is 242 g/mol. The molecule has 17 heavy (non-hydrogen) atoms. The fourth-order valence-corrected chi connectivity index (χ4v) is 2.57. The molecule has 4 heteroatoms. The second-order valence-electron chi connectivity index (χ2n) is 5.21. The van der Waals surface area contributed by atoms with Gasteiger partial charge in [-0.3, -0.25) is 10.1 Å². The number of hydrogen-bond donors (Lipinski definition) is 1. The van der Waals surface area contributed by atoms with Crippen LogP contribution < -0.4 is 5.32 Å². The molecule has 0 aromatic heterocycles. The molecule has 100 valence electrons. The Morgan fingerprint density at radius 1 is 1.47 bits per heavy atom. The largest absolute Gasteiger partial charge is 0.383 e. The van der Waals surface area contributed by atoms with Gasteiger partial charge in [-0.25, -0.2) is 0 Å². The molecule has 0 bridgehead atoms. The van der Waals surface area contributed by atoms with Gasteiger partial charge in [0.05, 0.1) is 24.9 Å². The van der Waals surface area contributed by atoms with E-state index in [1.165, 1.54) is 0 Å². The first-order valence-electron chi connectivity index (χ1n) is 6.60. The Bertz CT molecular complexity index is 250. The molecule has 0 aliphatic carbocycles. The first-order valence-corrected chi connectivity index (χ1v) is 6.60. The summed E-state index contributed by atoms with van der Waals surface area (Å²) in [6.07, 6.45) is 2.18. The van der Waals surface area contributed by atoms with Crippen molar-refractivity contribution in [2.75, 3.05) is 13.7 Å². The van der Waals surface area contributed by atoms with Crippen LogP contribution in [-0.2, 0) is 9.53 Å².